The van der Waals surface area contributed by atoms with Crippen molar-refractivity contribution in [3.8, 4) is 11.5 Å². The first-order valence-corrected chi connectivity index (χ1v) is 12.5. The van der Waals surface area contributed by atoms with Gasteiger partial charge in [0.2, 0.25) is 0 Å². The van der Waals surface area contributed by atoms with Crippen molar-refractivity contribution < 1.29 is 19.4 Å². The van der Waals surface area contributed by atoms with E-state index in [4.69, 9.17) is 4.74 Å². The topological polar surface area (TPSA) is 75.6 Å². The standard InChI is InChI=1S/C32H31NO4/c1-19-10-15-23(25(34)16-19)31(36)29-27(20-11-13-22(37-4)14-12-20)28-24(17-32(2,3)18-26(28)35)33-30(29)21-8-6-5-7-9-21/h5-16,27,33-34H,17-18H2,1-4H3. The molecule has 5 rings (SSSR count). The summed E-state index contributed by atoms with van der Waals surface area (Å²) in [5, 5.41) is 14.3. The number of dihydropyridines is 1. The average molecular weight is 494 g/mol. The summed E-state index contributed by atoms with van der Waals surface area (Å²) in [6, 6.07) is 22.3. The second-order valence-corrected chi connectivity index (χ2v) is 10.7. The minimum absolute atomic E-state index is 0.0325. The summed E-state index contributed by atoms with van der Waals surface area (Å²) in [6.07, 6.45) is 1.09. The van der Waals surface area contributed by atoms with E-state index in [0.717, 1.165) is 22.4 Å². The molecule has 0 saturated heterocycles. The van der Waals surface area contributed by atoms with E-state index in [0.29, 0.717) is 35.4 Å². The zero-order valence-corrected chi connectivity index (χ0v) is 21.6. The molecule has 2 N–H and O–H groups in total. The lowest BCUT2D eigenvalue weighted by Crippen LogP contribution is -2.38. The second kappa shape index (κ2) is 9.40. The molecule has 3 aromatic carbocycles. The van der Waals surface area contributed by atoms with E-state index in [2.05, 4.69) is 19.2 Å². The van der Waals surface area contributed by atoms with Gasteiger partial charge in [-0.1, -0.05) is 62.4 Å². The summed E-state index contributed by atoms with van der Waals surface area (Å²) in [6.45, 7) is 6.05. The molecule has 0 amide bonds. The molecule has 1 unspecified atom stereocenters. The van der Waals surface area contributed by atoms with E-state index < -0.39 is 5.92 Å². The maximum absolute atomic E-state index is 14.3. The highest BCUT2D eigenvalue weighted by atomic mass is 16.5. The number of benzene rings is 3. The number of phenols is 1. The number of hydrogen-bond acceptors (Lipinski definition) is 5. The lowest BCUT2D eigenvalue weighted by atomic mass is 9.67. The number of hydrogen-bond donors (Lipinski definition) is 2. The van der Waals surface area contributed by atoms with Crippen molar-refractivity contribution in [2.75, 3.05) is 7.11 Å². The van der Waals surface area contributed by atoms with Gasteiger partial charge in [-0.05, 0) is 59.7 Å². The smallest absolute Gasteiger partial charge is 0.195 e. The quantitative estimate of drug-likeness (QED) is 0.406. The number of rotatable bonds is 5. The summed E-state index contributed by atoms with van der Waals surface area (Å²) >= 11 is 0. The highest BCUT2D eigenvalue weighted by Crippen LogP contribution is 2.49. The molecule has 1 aliphatic heterocycles. The number of allylic oxidation sites excluding steroid dienone is 3. The summed E-state index contributed by atoms with van der Waals surface area (Å²) in [5.74, 6) is -0.248. The van der Waals surface area contributed by atoms with Crippen LogP contribution >= 0.6 is 0 Å². The monoisotopic (exact) mass is 493 g/mol. The summed E-state index contributed by atoms with van der Waals surface area (Å²) in [7, 11) is 1.61. The molecular weight excluding hydrogens is 462 g/mol. The van der Waals surface area contributed by atoms with Gasteiger partial charge < -0.3 is 15.2 Å². The maximum atomic E-state index is 14.3. The van der Waals surface area contributed by atoms with Crippen molar-refractivity contribution in [2.45, 2.75) is 39.5 Å². The van der Waals surface area contributed by atoms with E-state index in [9.17, 15) is 14.7 Å². The first-order valence-electron chi connectivity index (χ1n) is 12.5. The summed E-state index contributed by atoms with van der Waals surface area (Å²) in [4.78, 5) is 28.0. The van der Waals surface area contributed by atoms with Crippen molar-refractivity contribution in [3.63, 3.8) is 0 Å². The second-order valence-electron chi connectivity index (χ2n) is 10.7. The van der Waals surface area contributed by atoms with E-state index in [-0.39, 0.29) is 28.3 Å². The Labute approximate surface area is 217 Å². The molecule has 188 valence electrons. The number of carbonyl (C=O) groups excluding carboxylic acids is 2. The Balaban J connectivity index is 1.79. The number of Topliss-reactive ketones (excluding diaryl/α,β-unsaturated/α-hetero) is 2. The molecule has 3 aromatic rings. The molecule has 1 heterocycles. The van der Waals surface area contributed by atoms with Crippen LogP contribution in [0.3, 0.4) is 0 Å². The first-order chi connectivity index (χ1) is 17.7. The third-order valence-electron chi connectivity index (χ3n) is 7.20. The van der Waals surface area contributed by atoms with Crippen LogP contribution in [0.25, 0.3) is 5.70 Å². The van der Waals surface area contributed by atoms with Crippen LogP contribution in [0.1, 0.15) is 59.7 Å². The Bertz CT molecular complexity index is 1450. The van der Waals surface area contributed by atoms with E-state index >= 15 is 0 Å². The Kier molecular flexibility index (Phi) is 6.24. The van der Waals surface area contributed by atoms with Crippen LogP contribution in [0.15, 0.2) is 89.6 Å². The lowest BCUT2D eigenvalue weighted by Gasteiger charge is -2.40. The number of ketones is 2. The van der Waals surface area contributed by atoms with Crippen molar-refractivity contribution in [3.05, 3.63) is 112 Å². The predicted molar refractivity (Wildman–Crippen MR) is 144 cm³/mol. The molecule has 1 aliphatic carbocycles. The Hall–Kier alpha value is -4.12. The molecule has 0 aromatic heterocycles. The number of aryl methyl sites for hydroxylation is 1. The molecule has 5 nitrogen and oxygen atoms in total. The van der Waals surface area contributed by atoms with Gasteiger partial charge in [0.15, 0.2) is 11.6 Å². The number of methoxy groups -OCH3 is 1. The van der Waals surface area contributed by atoms with Gasteiger partial charge in [0.05, 0.1) is 18.4 Å². The number of nitrogens with one attached hydrogen (secondary N) is 1. The van der Waals surface area contributed by atoms with Gasteiger partial charge in [0.25, 0.3) is 0 Å². The maximum Gasteiger partial charge on any atom is 0.195 e. The van der Waals surface area contributed by atoms with Gasteiger partial charge in [-0.25, -0.2) is 0 Å². The van der Waals surface area contributed by atoms with Gasteiger partial charge in [0, 0.05) is 29.2 Å². The zero-order valence-electron chi connectivity index (χ0n) is 21.6. The van der Waals surface area contributed by atoms with Gasteiger partial charge in [-0.15, -0.1) is 0 Å². The number of aromatic hydroxyl groups is 1. The minimum Gasteiger partial charge on any atom is -0.507 e. The molecule has 2 aliphatic rings. The molecule has 0 bridgehead atoms. The van der Waals surface area contributed by atoms with E-state index in [1.807, 2.05) is 67.6 Å². The van der Waals surface area contributed by atoms with Crippen molar-refractivity contribution in [1.29, 1.82) is 0 Å². The van der Waals surface area contributed by atoms with Gasteiger partial charge in [0.1, 0.15) is 11.5 Å². The molecule has 5 heteroatoms. The Morgan fingerprint density at radius 1 is 1.00 bits per heavy atom. The van der Waals surface area contributed by atoms with Crippen molar-refractivity contribution in [1.82, 2.24) is 5.32 Å². The van der Waals surface area contributed by atoms with Crippen LogP contribution in [-0.4, -0.2) is 23.8 Å². The normalized spacial score (nSPS) is 18.8. The van der Waals surface area contributed by atoms with Crippen LogP contribution in [0, 0.1) is 12.3 Å². The SMILES string of the molecule is COc1ccc(C2C3=C(CC(C)(C)CC3=O)NC(c3ccccc3)=C2C(=O)c2ccc(C)cc2O)cc1. The fourth-order valence-electron chi connectivity index (χ4n) is 5.47. The third-order valence-corrected chi connectivity index (χ3v) is 7.20. The van der Waals surface area contributed by atoms with Crippen LogP contribution < -0.4 is 10.1 Å². The third kappa shape index (κ3) is 4.57. The summed E-state index contributed by atoms with van der Waals surface area (Å²) < 4.78 is 5.37. The van der Waals surface area contributed by atoms with Crippen molar-refractivity contribution in [2.24, 2.45) is 5.41 Å². The Morgan fingerprint density at radius 3 is 2.35 bits per heavy atom. The molecular formula is C32H31NO4. The van der Waals surface area contributed by atoms with Gasteiger partial charge in [-0.3, -0.25) is 9.59 Å². The van der Waals surface area contributed by atoms with E-state index in [1.165, 1.54) is 0 Å². The molecule has 0 radical (unpaired) electrons. The fraction of sp³-hybridized carbons (Fsp3) is 0.250. The number of ether oxygens (including phenoxy) is 1. The van der Waals surface area contributed by atoms with Crippen LogP contribution in [-0.2, 0) is 4.79 Å². The molecule has 1 atom stereocenters. The van der Waals surface area contributed by atoms with Gasteiger partial charge in [-0.2, -0.15) is 0 Å². The van der Waals surface area contributed by atoms with Crippen LogP contribution in [0.5, 0.6) is 11.5 Å². The average Bonchev–Trinajstić information content (AvgIpc) is 2.87. The first kappa shape index (κ1) is 24.6. The highest BCUT2D eigenvalue weighted by Gasteiger charge is 2.44. The molecule has 0 spiro atoms. The molecule has 0 saturated carbocycles. The Morgan fingerprint density at radius 2 is 1.70 bits per heavy atom. The highest BCUT2D eigenvalue weighted by molar-refractivity contribution is 6.18. The summed E-state index contributed by atoms with van der Waals surface area (Å²) in [5.41, 5.74) is 5.12. The van der Waals surface area contributed by atoms with Crippen molar-refractivity contribution >= 4 is 17.3 Å². The predicted octanol–water partition coefficient (Wildman–Crippen LogP) is 6.33. The number of phenolic OH excluding ortho intramolecular Hbond substituents is 1. The van der Waals surface area contributed by atoms with Crippen LogP contribution in [0.2, 0.25) is 0 Å². The fourth-order valence-corrected chi connectivity index (χ4v) is 5.47. The largest absolute Gasteiger partial charge is 0.507 e. The van der Waals surface area contributed by atoms with E-state index in [1.54, 1.807) is 19.2 Å². The van der Waals surface area contributed by atoms with Gasteiger partial charge >= 0.3 is 0 Å². The molecule has 0 fully saturated rings. The van der Waals surface area contributed by atoms with Crippen LogP contribution in [0.4, 0.5) is 0 Å². The molecule has 37 heavy (non-hydrogen) atoms. The lowest BCUT2D eigenvalue weighted by molar-refractivity contribution is -0.118. The number of carbonyl (C=O) groups is 2. The minimum atomic E-state index is -0.589. The zero-order chi connectivity index (χ0) is 26.3.